The number of para-hydroxylation sites is 2. The molecule has 1 aromatic carbocycles. The molecule has 0 fully saturated rings. The number of esters is 1. The van der Waals surface area contributed by atoms with Gasteiger partial charge >= 0.3 is 5.97 Å². The first-order valence-corrected chi connectivity index (χ1v) is 8.97. The highest BCUT2D eigenvalue weighted by Crippen LogP contribution is 2.33. The SMILES string of the molecule is COC(=O)c1cc(/C=C/C(=O)N2CC(C(=O)N(C)C)Oc3ccccc32)oc1C. The Bertz CT molecular complexity index is 975. The smallest absolute Gasteiger partial charge is 0.341 e. The summed E-state index contributed by atoms with van der Waals surface area (Å²) in [4.78, 5) is 39.9. The number of carbonyl (C=O) groups is 3. The number of fused-ring (bicyclic) bond motifs is 1. The van der Waals surface area contributed by atoms with Crippen molar-refractivity contribution in [1.82, 2.24) is 4.90 Å². The number of furan rings is 1. The maximum Gasteiger partial charge on any atom is 0.341 e. The summed E-state index contributed by atoms with van der Waals surface area (Å²) in [6, 6.07) is 8.55. The molecular formula is C21H22N2O6. The Balaban J connectivity index is 1.85. The molecule has 2 aromatic rings. The van der Waals surface area contributed by atoms with Crippen LogP contribution in [0.5, 0.6) is 5.75 Å². The number of anilines is 1. The van der Waals surface area contributed by atoms with Crippen LogP contribution >= 0.6 is 0 Å². The number of hydrogen-bond acceptors (Lipinski definition) is 6. The fourth-order valence-corrected chi connectivity index (χ4v) is 3.00. The predicted molar refractivity (Wildman–Crippen MR) is 106 cm³/mol. The van der Waals surface area contributed by atoms with Crippen LogP contribution in [0.25, 0.3) is 6.08 Å². The van der Waals surface area contributed by atoms with E-state index in [1.54, 1.807) is 45.3 Å². The largest absolute Gasteiger partial charge is 0.476 e. The van der Waals surface area contributed by atoms with Gasteiger partial charge in [0.2, 0.25) is 0 Å². The molecule has 29 heavy (non-hydrogen) atoms. The lowest BCUT2D eigenvalue weighted by molar-refractivity contribution is -0.136. The van der Waals surface area contributed by atoms with Crippen molar-refractivity contribution in [1.29, 1.82) is 0 Å². The molecule has 8 heteroatoms. The lowest BCUT2D eigenvalue weighted by Crippen LogP contribution is -2.50. The van der Waals surface area contributed by atoms with Crippen LogP contribution in [-0.2, 0) is 14.3 Å². The second kappa shape index (κ2) is 8.22. The number of amides is 2. The van der Waals surface area contributed by atoms with E-state index in [1.807, 2.05) is 0 Å². The van der Waals surface area contributed by atoms with Gasteiger partial charge < -0.3 is 23.7 Å². The Hall–Kier alpha value is -3.55. The van der Waals surface area contributed by atoms with E-state index in [-0.39, 0.29) is 18.4 Å². The van der Waals surface area contributed by atoms with E-state index in [0.717, 1.165) is 0 Å². The highest BCUT2D eigenvalue weighted by molar-refractivity contribution is 6.05. The van der Waals surface area contributed by atoms with Crippen LogP contribution < -0.4 is 9.64 Å². The molecule has 1 aliphatic heterocycles. The van der Waals surface area contributed by atoms with E-state index >= 15 is 0 Å². The summed E-state index contributed by atoms with van der Waals surface area (Å²) >= 11 is 0. The minimum absolute atomic E-state index is 0.0851. The molecule has 1 unspecified atom stereocenters. The number of likely N-dealkylation sites (N-methyl/N-ethyl adjacent to an activating group) is 1. The van der Waals surface area contributed by atoms with Crippen LogP contribution in [0.2, 0.25) is 0 Å². The van der Waals surface area contributed by atoms with Crippen molar-refractivity contribution in [2.75, 3.05) is 32.6 Å². The maximum atomic E-state index is 12.9. The number of carbonyl (C=O) groups excluding carboxylic acids is 3. The minimum Gasteiger partial charge on any atom is -0.476 e. The molecule has 0 radical (unpaired) electrons. The Kier molecular flexibility index (Phi) is 5.72. The first-order chi connectivity index (χ1) is 13.8. The summed E-state index contributed by atoms with van der Waals surface area (Å²) in [5.74, 6) is 0.125. The molecule has 0 aliphatic carbocycles. The normalized spacial score (nSPS) is 15.6. The van der Waals surface area contributed by atoms with Crippen LogP contribution in [0.15, 0.2) is 40.8 Å². The Morgan fingerprint density at radius 3 is 2.66 bits per heavy atom. The zero-order chi connectivity index (χ0) is 21.1. The molecule has 0 N–H and O–H groups in total. The molecule has 1 aliphatic rings. The number of methoxy groups -OCH3 is 1. The van der Waals surface area contributed by atoms with Crippen LogP contribution in [0, 0.1) is 6.92 Å². The second-order valence-electron chi connectivity index (χ2n) is 6.70. The summed E-state index contributed by atoms with van der Waals surface area (Å²) in [5.41, 5.74) is 0.879. The van der Waals surface area contributed by atoms with E-state index in [9.17, 15) is 14.4 Å². The highest BCUT2D eigenvalue weighted by Gasteiger charge is 2.33. The van der Waals surface area contributed by atoms with Gasteiger partial charge in [0.25, 0.3) is 11.8 Å². The molecule has 0 spiro atoms. The van der Waals surface area contributed by atoms with E-state index in [2.05, 4.69) is 0 Å². The zero-order valence-corrected chi connectivity index (χ0v) is 16.7. The molecule has 1 atom stereocenters. The molecule has 0 saturated carbocycles. The van der Waals surface area contributed by atoms with E-state index in [0.29, 0.717) is 28.5 Å². The Morgan fingerprint density at radius 1 is 1.24 bits per heavy atom. The number of rotatable bonds is 4. The van der Waals surface area contributed by atoms with Crippen LogP contribution in [-0.4, -0.2) is 56.5 Å². The molecular weight excluding hydrogens is 376 g/mol. The van der Waals surface area contributed by atoms with Gasteiger partial charge in [-0.3, -0.25) is 9.59 Å². The Labute approximate surface area is 168 Å². The predicted octanol–water partition coefficient (Wildman–Crippen LogP) is 2.27. The average Bonchev–Trinajstić information content (AvgIpc) is 3.10. The van der Waals surface area contributed by atoms with Gasteiger partial charge in [-0.05, 0) is 31.2 Å². The second-order valence-corrected chi connectivity index (χ2v) is 6.70. The standard InChI is InChI=1S/C21H22N2O6/c1-13-15(21(26)27-4)11-14(28-13)9-10-19(24)23-12-18(20(25)22(2)3)29-17-8-6-5-7-16(17)23/h5-11,18H,12H2,1-4H3/b10-9+. The first-order valence-electron chi connectivity index (χ1n) is 8.97. The Morgan fingerprint density at radius 2 is 1.97 bits per heavy atom. The number of aryl methyl sites for hydroxylation is 1. The van der Waals surface area contributed by atoms with Gasteiger partial charge in [0.15, 0.2) is 6.10 Å². The lowest BCUT2D eigenvalue weighted by atomic mass is 10.1. The van der Waals surface area contributed by atoms with Crippen LogP contribution in [0.1, 0.15) is 21.9 Å². The van der Waals surface area contributed by atoms with Gasteiger partial charge in [-0.25, -0.2) is 4.79 Å². The molecule has 2 amide bonds. The maximum absolute atomic E-state index is 12.9. The van der Waals surface area contributed by atoms with Crippen molar-refractivity contribution >= 4 is 29.5 Å². The fourth-order valence-electron chi connectivity index (χ4n) is 3.00. The topological polar surface area (TPSA) is 89.3 Å². The van der Waals surface area contributed by atoms with Gasteiger partial charge in [0, 0.05) is 20.2 Å². The third-order valence-corrected chi connectivity index (χ3v) is 4.49. The third-order valence-electron chi connectivity index (χ3n) is 4.49. The van der Waals surface area contributed by atoms with Gasteiger partial charge in [0.05, 0.1) is 19.3 Å². The lowest BCUT2D eigenvalue weighted by Gasteiger charge is -2.34. The quantitative estimate of drug-likeness (QED) is 0.580. The van der Waals surface area contributed by atoms with E-state index in [1.165, 1.54) is 35.1 Å². The van der Waals surface area contributed by atoms with Crippen LogP contribution in [0.3, 0.4) is 0 Å². The summed E-state index contributed by atoms with van der Waals surface area (Å²) in [5, 5.41) is 0. The monoisotopic (exact) mass is 398 g/mol. The first kappa shape index (κ1) is 20.2. The fraction of sp³-hybridized carbons (Fsp3) is 0.286. The van der Waals surface area contributed by atoms with Crippen molar-refractivity contribution in [2.24, 2.45) is 0 Å². The van der Waals surface area contributed by atoms with Crippen molar-refractivity contribution < 1.29 is 28.3 Å². The van der Waals surface area contributed by atoms with Crippen molar-refractivity contribution in [3.8, 4) is 5.75 Å². The molecule has 3 rings (SSSR count). The molecule has 2 heterocycles. The summed E-state index contributed by atoms with van der Waals surface area (Å²) in [7, 11) is 4.56. The number of hydrogen-bond donors (Lipinski definition) is 0. The van der Waals surface area contributed by atoms with Gasteiger partial charge in [-0.1, -0.05) is 12.1 Å². The number of nitrogens with zero attached hydrogens (tertiary/aromatic N) is 2. The molecule has 0 bridgehead atoms. The third kappa shape index (κ3) is 4.16. The van der Waals surface area contributed by atoms with Crippen molar-refractivity contribution in [3.05, 3.63) is 53.5 Å². The van der Waals surface area contributed by atoms with Gasteiger partial charge in [-0.2, -0.15) is 0 Å². The number of ether oxygens (including phenoxy) is 2. The van der Waals surface area contributed by atoms with Crippen molar-refractivity contribution in [3.63, 3.8) is 0 Å². The summed E-state index contributed by atoms with van der Waals surface area (Å²) in [6.45, 7) is 1.73. The molecule has 152 valence electrons. The van der Waals surface area contributed by atoms with Gasteiger partial charge in [-0.15, -0.1) is 0 Å². The van der Waals surface area contributed by atoms with Gasteiger partial charge in [0.1, 0.15) is 22.8 Å². The van der Waals surface area contributed by atoms with Crippen LogP contribution in [0.4, 0.5) is 5.69 Å². The summed E-state index contributed by atoms with van der Waals surface area (Å²) < 4.78 is 16.0. The summed E-state index contributed by atoms with van der Waals surface area (Å²) in [6.07, 6.45) is 2.01. The average molecular weight is 398 g/mol. The number of benzene rings is 1. The van der Waals surface area contributed by atoms with E-state index in [4.69, 9.17) is 13.9 Å². The minimum atomic E-state index is -0.797. The van der Waals surface area contributed by atoms with E-state index < -0.39 is 12.1 Å². The molecule has 8 nitrogen and oxygen atoms in total. The molecule has 0 saturated heterocycles. The highest BCUT2D eigenvalue weighted by atomic mass is 16.5. The van der Waals surface area contributed by atoms with Crippen molar-refractivity contribution in [2.45, 2.75) is 13.0 Å². The zero-order valence-electron chi connectivity index (χ0n) is 16.7. The molecule has 1 aromatic heterocycles.